The maximum atomic E-state index is 11.4. The molecule has 2 aromatic rings. The number of carboxylic acids is 1. The Kier molecular flexibility index (Phi) is 5.34. The van der Waals surface area contributed by atoms with E-state index < -0.39 is 5.97 Å². The van der Waals surface area contributed by atoms with Gasteiger partial charge in [-0.1, -0.05) is 6.07 Å². The number of aliphatic carboxylic acids is 1. The molecular weight excluding hydrogens is 316 g/mol. The number of methoxy groups -OCH3 is 1. The van der Waals surface area contributed by atoms with Gasteiger partial charge in [0, 0.05) is 37.1 Å². The summed E-state index contributed by atoms with van der Waals surface area (Å²) in [6, 6.07) is 10.5. The van der Waals surface area contributed by atoms with Crippen molar-refractivity contribution in [3.8, 4) is 16.9 Å². The number of hydrogen-bond donors (Lipinski definition) is 1. The summed E-state index contributed by atoms with van der Waals surface area (Å²) in [5.74, 6) is -0.151. The van der Waals surface area contributed by atoms with E-state index in [2.05, 4.69) is 22.9 Å². The Morgan fingerprint density at radius 2 is 2.00 bits per heavy atom. The summed E-state index contributed by atoms with van der Waals surface area (Å²) in [5.41, 5.74) is 3.29. The van der Waals surface area contributed by atoms with E-state index in [0.29, 0.717) is 19.1 Å². The molecule has 1 aromatic heterocycles. The lowest BCUT2D eigenvalue weighted by molar-refractivity contribution is -0.144. The third-order valence-electron chi connectivity index (χ3n) is 5.03. The molecule has 1 N–H and O–H groups in total. The third-order valence-corrected chi connectivity index (χ3v) is 5.03. The maximum absolute atomic E-state index is 11.4. The molecule has 25 heavy (non-hydrogen) atoms. The van der Waals surface area contributed by atoms with Crippen LogP contribution in [0.2, 0.25) is 0 Å². The first-order valence-electron chi connectivity index (χ1n) is 8.62. The van der Waals surface area contributed by atoms with Crippen molar-refractivity contribution in [1.29, 1.82) is 0 Å². The second-order valence-electron chi connectivity index (χ2n) is 6.65. The number of carbonyl (C=O) groups is 1. The number of nitrogens with zero attached hydrogens (tertiary/aromatic N) is 2. The molecule has 0 spiro atoms. The van der Waals surface area contributed by atoms with E-state index in [4.69, 9.17) is 4.74 Å². The third kappa shape index (κ3) is 3.99. The van der Waals surface area contributed by atoms with Crippen LogP contribution in [0.25, 0.3) is 11.1 Å². The van der Waals surface area contributed by atoms with Gasteiger partial charge in [-0.3, -0.25) is 14.7 Å². The standard InChI is InChI=1S/C20H24N2O3/c1-14-3-4-17(20(23)24)12-22(14)13-18-11-16(5-6-19(18)25-2)15-7-9-21-10-8-15/h5-11,14,17H,3-4,12-13H2,1-2H3,(H,23,24). The van der Waals surface area contributed by atoms with Crippen LogP contribution in [0.15, 0.2) is 42.7 Å². The van der Waals surface area contributed by atoms with Gasteiger partial charge in [-0.25, -0.2) is 0 Å². The van der Waals surface area contributed by atoms with E-state index in [1.54, 1.807) is 19.5 Å². The fourth-order valence-electron chi connectivity index (χ4n) is 3.45. The molecule has 132 valence electrons. The average Bonchev–Trinajstić information content (AvgIpc) is 2.64. The number of hydrogen-bond acceptors (Lipinski definition) is 4. The largest absolute Gasteiger partial charge is 0.496 e. The number of piperidine rings is 1. The number of carboxylic acid groups (broad SMARTS) is 1. The van der Waals surface area contributed by atoms with Crippen LogP contribution in [0.4, 0.5) is 0 Å². The summed E-state index contributed by atoms with van der Waals surface area (Å²) in [6.45, 7) is 3.43. The van der Waals surface area contributed by atoms with Gasteiger partial charge in [0.15, 0.2) is 0 Å². The van der Waals surface area contributed by atoms with Gasteiger partial charge in [0.05, 0.1) is 13.0 Å². The Balaban J connectivity index is 1.86. The molecule has 1 fully saturated rings. The van der Waals surface area contributed by atoms with E-state index >= 15 is 0 Å². The monoisotopic (exact) mass is 340 g/mol. The van der Waals surface area contributed by atoms with Crippen LogP contribution in [0.3, 0.4) is 0 Å². The highest BCUT2D eigenvalue weighted by molar-refractivity contribution is 5.70. The molecule has 0 radical (unpaired) electrons. The molecule has 2 heterocycles. The highest BCUT2D eigenvalue weighted by Crippen LogP contribution is 2.30. The molecule has 0 amide bonds. The highest BCUT2D eigenvalue weighted by atomic mass is 16.5. The molecular formula is C20H24N2O3. The van der Waals surface area contributed by atoms with E-state index in [0.717, 1.165) is 35.3 Å². The molecule has 5 nitrogen and oxygen atoms in total. The molecule has 5 heteroatoms. The molecule has 1 saturated heterocycles. The fraction of sp³-hybridized carbons (Fsp3) is 0.400. The van der Waals surface area contributed by atoms with Gasteiger partial charge in [-0.15, -0.1) is 0 Å². The van der Waals surface area contributed by atoms with Crippen molar-refractivity contribution in [2.45, 2.75) is 32.4 Å². The maximum Gasteiger partial charge on any atom is 0.307 e. The van der Waals surface area contributed by atoms with Gasteiger partial charge in [-0.2, -0.15) is 0 Å². The number of aromatic nitrogens is 1. The van der Waals surface area contributed by atoms with E-state index in [9.17, 15) is 9.90 Å². The van der Waals surface area contributed by atoms with E-state index in [1.165, 1.54) is 0 Å². The van der Waals surface area contributed by atoms with Crippen molar-refractivity contribution in [2.75, 3.05) is 13.7 Å². The zero-order valence-corrected chi connectivity index (χ0v) is 14.7. The topological polar surface area (TPSA) is 62.7 Å². The first-order chi connectivity index (χ1) is 12.1. The van der Waals surface area contributed by atoms with E-state index in [1.807, 2.05) is 24.3 Å². The average molecular weight is 340 g/mol. The molecule has 2 atom stereocenters. The molecule has 2 unspecified atom stereocenters. The van der Waals surface area contributed by atoms with Crippen molar-refractivity contribution in [2.24, 2.45) is 5.92 Å². The Morgan fingerprint density at radius 1 is 1.24 bits per heavy atom. The Labute approximate surface area is 148 Å². The summed E-state index contributed by atoms with van der Waals surface area (Å²) in [6.07, 6.45) is 5.22. The Bertz CT molecular complexity index is 733. The van der Waals surface area contributed by atoms with Crippen molar-refractivity contribution in [1.82, 2.24) is 9.88 Å². The summed E-state index contributed by atoms with van der Waals surface area (Å²) < 4.78 is 5.53. The lowest BCUT2D eigenvalue weighted by Gasteiger charge is -2.36. The zero-order valence-electron chi connectivity index (χ0n) is 14.7. The lowest BCUT2D eigenvalue weighted by atomic mass is 9.92. The van der Waals surface area contributed by atoms with Crippen LogP contribution in [0.1, 0.15) is 25.3 Å². The highest BCUT2D eigenvalue weighted by Gasteiger charge is 2.30. The molecule has 0 saturated carbocycles. The van der Waals surface area contributed by atoms with Crippen LogP contribution in [0.5, 0.6) is 5.75 Å². The smallest absolute Gasteiger partial charge is 0.307 e. The van der Waals surface area contributed by atoms with Crippen LogP contribution >= 0.6 is 0 Å². The first-order valence-corrected chi connectivity index (χ1v) is 8.62. The molecule has 0 bridgehead atoms. The quantitative estimate of drug-likeness (QED) is 0.903. The lowest BCUT2D eigenvalue weighted by Crippen LogP contribution is -2.43. The summed E-state index contributed by atoms with van der Waals surface area (Å²) in [7, 11) is 1.67. The van der Waals surface area contributed by atoms with Crippen molar-refractivity contribution < 1.29 is 14.6 Å². The normalized spacial score (nSPS) is 21.0. The minimum atomic E-state index is -0.700. The first kappa shape index (κ1) is 17.4. The van der Waals surface area contributed by atoms with Crippen LogP contribution in [0, 0.1) is 5.92 Å². The number of rotatable bonds is 5. The minimum absolute atomic E-state index is 0.287. The molecule has 1 aliphatic rings. The predicted molar refractivity (Wildman–Crippen MR) is 96.5 cm³/mol. The van der Waals surface area contributed by atoms with Gasteiger partial charge >= 0.3 is 5.97 Å². The number of benzene rings is 1. The van der Waals surface area contributed by atoms with Crippen LogP contribution in [-0.4, -0.2) is 40.7 Å². The fourth-order valence-corrected chi connectivity index (χ4v) is 3.45. The zero-order chi connectivity index (χ0) is 17.8. The van der Waals surface area contributed by atoms with E-state index in [-0.39, 0.29) is 5.92 Å². The Morgan fingerprint density at radius 3 is 2.68 bits per heavy atom. The number of likely N-dealkylation sites (tertiary alicyclic amines) is 1. The minimum Gasteiger partial charge on any atom is -0.496 e. The summed E-state index contributed by atoms with van der Waals surface area (Å²) in [4.78, 5) is 17.7. The molecule has 3 rings (SSSR count). The number of pyridine rings is 1. The van der Waals surface area contributed by atoms with Crippen molar-refractivity contribution in [3.63, 3.8) is 0 Å². The molecule has 0 aliphatic carbocycles. The van der Waals surface area contributed by atoms with Gasteiger partial charge in [0.25, 0.3) is 0 Å². The Hall–Kier alpha value is -2.40. The van der Waals surface area contributed by atoms with Gasteiger partial charge in [-0.05, 0) is 55.2 Å². The second kappa shape index (κ2) is 7.66. The van der Waals surface area contributed by atoms with Crippen LogP contribution < -0.4 is 4.74 Å². The predicted octanol–water partition coefficient (Wildman–Crippen LogP) is 3.44. The van der Waals surface area contributed by atoms with Crippen molar-refractivity contribution >= 4 is 5.97 Å². The summed E-state index contributed by atoms with van der Waals surface area (Å²) in [5, 5.41) is 9.34. The number of ether oxygens (including phenoxy) is 1. The SMILES string of the molecule is COc1ccc(-c2ccncc2)cc1CN1CC(C(=O)O)CCC1C. The summed E-state index contributed by atoms with van der Waals surface area (Å²) >= 11 is 0. The van der Waals surface area contributed by atoms with Crippen LogP contribution in [-0.2, 0) is 11.3 Å². The second-order valence-corrected chi connectivity index (χ2v) is 6.65. The molecule has 1 aliphatic heterocycles. The van der Waals surface area contributed by atoms with Gasteiger partial charge < -0.3 is 9.84 Å². The van der Waals surface area contributed by atoms with Crippen molar-refractivity contribution in [3.05, 3.63) is 48.3 Å². The van der Waals surface area contributed by atoms with Gasteiger partial charge in [0.1, 0.15) is 5.75 Å². The van der Waals surface area contributed by atoms with Gasteiger partial charge in [0.2, 0.25) is 0 Å². The molecule has 1 aromatic carbocycles.